The van der Waals surface area contributed by atoms with Crippen LogP contribution in [0.5, 0.6) is 0 Å². The van der Waals surface area contributed by atoms with Gasteiger partial charge in [-0.25, -0.2) is 4.98 Å². The van der Waals surface area contributed by atoms with Crippen molar-refractivity contribution in [1.29, 1.82) is 0 Å². The van der Waals surface area contributed by atoms with Crippen molar-refractivity contribution in [3.8, 4) is 0 Å². The normalized spacial score (nSPS) is 11.9. The molecule has 1 unspecified atom stereocenters. The van der Waals surface area contributed by atoms with Crippen LogP contribution in [0.15, 0.2) is 47.8 Å². The first-order valence-corrected chi connectivity index (χ1v) is 10.2. The maximum Gasteiger partial charge on any atom is 0.279 e. The molecular formula is C22H27N4OS+. The Bertz CT molecular complexity index is 949. The van der Waals surface area contributed by atoms with Crippen LogP contribution in [0.2, 0.25) is 0 Å². The SMILES string of the molecule is Cc1ccc(Nc2nc(C[NH+](C)CC(=O)Nc3cccc(C)c3C)cs2)cc1. The lowest BCUT2D eigenvalue weighted by molar-refractivity contribution is -0.885. The number of likely N-dealkylation sites (N-methyl/N-ethyl adjacent to an activating group) is 1. The van der Waals surface area contributed by atoms with Gasteiger partial charge in [0, 0.05) is 16.8 Å². The van der Waals surface area contributed by atoms with Crippen LogP contribution in [0.25, 0.3) is 0 Å². The van der Waals surface area contributed by atoms with Crippen LogP contribution in [0.4, 0.5) is 16.5 Å². The first-order valence-electron chi connectivity index (χ1n) is 9.36. The number of anilines is 3. The van der Waals surface area contributed by atoms with Gasteiger partial charge >= 0.3 is 0 Å². The Kier molecular flexibility index (Phi) is 6.44. The molecule has 1 aromatic heterocycles. The van der Waals surface area contributed by atoms with E-state index in [0.29, 0.717) is 13.1 Å². The topological polar surface area (TPSA) is 58.5 Å². The van der Waals surface area contributed by atoms with E-state index >= 15 is 0 Å². The second-order valence-corrected chi connectivity index (χ2v) is 8.10. The highest BCUT2D eigenvalue weighted by atomic mass is 32.1. The van der Waals surface area contributed by atoms with E-state index in [4.69, 9.17) is 0 Å². The molecule has 0 saturated carbocycles. The summed E-state index contributed by atoms with van der Waals surface area (Å²) in [5.41, 5.74) is 6.41. The number of benzene rings is 2. The summed E-state index contributed by atoms with van der Waals surface area (Å²) in [7, 11) is 2.01. The quantitative estimate of drug-likeness (QED) is 0.574. The van der Waals surface area contributed by atoms with E-state index in [1.165, 1.54) is 11.1 Å². The standard InChI is InChI=1S/C22H26N4OS/c1-15-8-10-18(11-9-15)23-22-24-19(14-28-22)12-26(4)13-21(27)25-20-7-5-6-16(2)17(20)3/h5-11,14H,12-13H2,1-4H3,(H,23,24)(H,25,27)/p+1. The molecular weight excluding hydrogens is 368 g/mol. The molecule has 1 amide bonds. The molecule has 146 valence electrons. The van der Waals surface area contributed by atoms with E-state index in [-0.39, 0.29) is 5.91 Å². The minimum Gasteiger partial charge on any atom is -0.332 e. The number of aromatic nitrogens is 1. The van der Waals surface area contributed by atoms with E-state index in [1.807, 2.05) is 56.6 Å². The van der Waals surface area contributed by atoms with Gasteiger partial charge in [0.25, 0.3) is 5.91 Å². The summed E-state index contributed by atoms with van der Waals surface area (Å²) in [6, 6.07) is 14.2. The highest BCUT2D eigenvalue weighted by Crippen LogP contribution is 2.21. The first kappa shape index (κ1) is 20.0. The average Bonchev–Trinajstić information content (AvgIpc) is 3.07. The Morgan fingerprint density at radius 3 is 2.61 bits per heavy atom. The summed E-state index contributed by atoms with van der Waals surface area (Å²) >= 11 is 1.58. The van der Waals surface area contributed by atoms with Crippen LogP contribution < -0.4 is 15.5 Å². The van der Waals surface area contributed by atoms with Gasteiger partial charge < -0.3 is 15.5 Å². The number of thiazole rings is 1. The number of hydrogen-bond acceptors (Lipinski definition) is 4. The highest BCUT2D eigenvalue weighted by molar-refractivity contribution is 7.13. The third kappa shape index (κ3) is 5.41. The van der Waals surface area contributed by atoms with Crippen molar-refractivity contribution in [2.24, 2.45) is 0 Å². The number of nitrogens with one attached hydrogen (secondary N) is 3. The molecule has 0 aliphatic heterocycles. The van der Waals surface area contributed by atoms with Gasteiger partial charge in [-0.2, -0.15) is 0 Å². The lowest BCUT2D eigenvalue weighted by Crippen LogP contribution is -3.08. The van der Waals surface area contributed by atoms with Crippen LogP contribution in [-0.4, -0.2) is 24.5 Å². The van der Waals surface area contributed by atoms with E-state index in [2.05, 4.69) is 34.7 Å². The van der Waals surface area contributed by atoms with Gasteiger partial charge in [0.1, 0.15) is 12.2 Å². The molecule has 0 aliphatic carbocycles. The van der Waals surface area contributed by atoms with E-state index in [1.54, 1.807) is 11.3 Å². The van der Waals surface area contributed by atoms with Crippen LogP contribution in [0, 0.1) is 20.8 Å². The number of amides is 1. The molecule has 1 atom stereocenters. The monoisotopic (exact) mass is 395 g/mol. The van der Waals surface area contributed by atoms with E-state index in [0.717, 1.165) is 32.7 Å². The molecule has 1 heterocycles. The van der Waals surface area contributed by atoms with Gasteiger partial charge in [-0.15, -0.1) is 11.3 Å². The third-order valence-electron chi connectivity index (χ3n) is 4.68. The highest BCUT2D eigenvalue weighted by Gasteiger charge is 2.14. The summed E-state index contributed by atoms with van der Waals surface area (Å²) < 4.78 is 0. The third-order valence-corrected chi connectivity index (χ3v) is 5.49. The molecule has 3 rings (SSSR count). The molecule has 3 N–H and O–H groups in total. The van der Waals surface area contributed by atoms with Gasteiger partial charge in [0.2, 0.25) is 0 Å². The summed E-state index contributed by atoms with van der Waals surface area (Å²) in [6.45, 7) is 7.24. The molecule has 28 heavy (non-hydrogen) atoms. The predicted octanol–water partition coefficient (Wildman–Crippen LogP) is 3.47. The Morgan fingerprint density at radius 1 is 1.11 bits per heavy atom. The van der Waals surface area contributed by atoms with Crippen LogP contribution in [0.1, 0.15) is 22.4 Å². The number of quaternary nitrogens is 1. The number of rotatable bonds is 7. The van der Waals surface area contributed by atoms with Crippen molar-refractivity contribution in [1.82, 2.24) is 4.98 Å². The Hall–Kier alpha value is -2.70. The molecule has 5 nitrogen and oxygen atoms in total. The fourth-order valence-electron chi connectivity index (χ4n) is 2.93. The zero-order chi connectivity index (χ0) is 20.1. The van der Waals surface area contributed by atoms with Crippen molar-refractivity contribution in [2.75, 3.05) is 24.2 Å². The molecule has 0 bridgehead atoms. The minimum atomic E-state index is 0.0134. The van der Waals surface area contributed by atoms with Crippen LogP contribution >= 0.6 is 11.3 Å². The lowest BCUT2D eigenvalue weighted by atomic mass is 10.1. The smallest absolute Gasteiger partial charge is 0.279 e. The number of carbonyl (C=O) groups is 1. The predicted molar refractivity (Wildman–Crippen MR) is 117 cm³/mol. The van der Waals surface area contributed by atoms with Gasteiger partial charge in [0.05, 0.1) is 7.05 Å². The minimum absolute atomic E-state index is 0.0134. The second-order valence-electron chi connectivity index (χ2n) is 7.24. The summed E-state index contributed by atoms with van der Waals surface area (Å²) in [4.78, 5) is 18.1. The summed E-state index contributed by atoms with van der Waals surface area (Å²) in [6.07, 6.45) is 0. The van der Waals surface area contributed by atoms with Crippen LogP contribution in [0.3, 0.4) is 0 Å². The van der Waals surface area contributed by atoms with Crippen molar-refractivity contribution < 1.29 is 9.69 Å². The second kappa shape index (κ2) is 8.99. The molecule has 3 aromatic rings. The zero-order valence-corrected chi connectivity index (χ0v) is 17.6. The number of aryl methyl sites for hydroxylation is 2. The zero-order valence-electron chi connectivity index (χ0n) is 16.8. The van der Waals surface area contributed by atoms with Crippen molar-refractivity contribution in [2.45, 2.75) is 27.3 Å². The molecule has 0 fully saturated rings. The summed E-state index contributed by atoms with van der Waals surface area (Å²) in [5.74, 6) is 0.0134. The van der Waals surface area contributed by atoms with Crippen molar-refractivity contribution in [3.63, 3.8) is 0 Å². The fourth-order valence-corrected chi connectivity index (χ4v) is 3.66. The molecule has 2 aromatic carbocycles. The van der Waals surface area contributed by atoms with E-state index in [9.17, 15) is 4.79 Å². The summed E-state index contributed by atoms with van der Waals surface area (Å²) in [5, 5.41) is 9.26. The van der Waals surface area contributed by atoms with Gasteiger partial charge in [-0.3, -0.25) is 4.79 Å². The maximum atomic E-state index is 12.4. The van der Waals surface area contributed by atoms with Gasteiger partial charge in [0.15, 0.2) is 11.7 Å². The molecule has 0 spiro atoms. The molecule has 0 radical (unpaired) electrons. The maximum absolute atomic E-state index is 12.4. The number of hydrogen-bond donors (Lipinski definition) is 3. The van der Waals surface area contributed by atoms with Crippen LogP contribution in [-0.2, 0) is 11.3 Å². The molecule has 6 heteroatoms. The lowest BCUT2D eigenvalue weighted by Gasteiger charge is -2.14. The first-order chi connectivity index (χ1) is 13.4. The molecule has 0 aliphatic rings. The van der Waals surface area contributed by atoms with Gasteiger partial charge in [-0.05, 0) is 50.1 Å². The van der Waals surface area contributed by atoms with Crippen molar-refractivity contribution in [3.05, 3.63) is 70.2 Å². The Morgan fingerprint density at radius 2 is 1.86 bits per heavy atom. The number of nitrogens with zero attached hydrogens (tertiary/aromatic N) is 1. The Labute approximate surface area is 170 Å². The largest absolute Gasteiger partial charge is 0.332 e. The fraction of sp³-hybridized carbons (Fsp3) is 0.273. The number of carbonyl (C=O) groups excluding carboxylic acids is 1. The van der Waals surface area contributed by atoms with Gasteiger partial charge in [-0.1, -0.05) is 29.8 Å². The molecule has 0 saturated heterocycles. The Balaban J connectivity index is 1.52. The van der Waals surface area contributed by atoms with E-state index < -0.39 is 0 Å². The average molecular weight is 396 g/mol. The van der Waals surface area contributed by atoms with Crippen molar-refractivity contribution >= 4 is 33.8 Å².